The summed E-state index contributed by atoms with van der Waals surface area (Å²) in [7, 11) is 2.84. The molecule has 0 amide bonds. The van der Waals surface area contributed by atoms with Crippen molar-refractivity contribution in [2.75, 3.05) is 0 Å². The van der Waals surface area contributed by atoms with Gasteiger partial charge in [0.2, 0.25) is 0 Å². The summed E-state index contributed by atoms with van der Waals surface area (Å²) >= 11 is 3.89. The largest absolute Gasteiger partial charge is 0.103 e. The molecule has 0 aliphatic rings. The van der Waals surface area contributed by atoms with Crippen LogP contribution in [-0.2, 0) is 22.6 Å². The lowest BCUT2D eigenvalue weighted by Gasteiger charge is -2.19. The van der Waals surface area contributed by atoms with Gasteiger partial charge in [-0.05, 0) is 102 Å². The van der Waals surface area contributed by atoms with Gasteiger partial charge in [0.05, 0.1) is 0 Å². The van der Waals surface area contributed by atoms with Gasteiger partial charge in [-0.3, -0.25) is 0 Å². The second-order valence-electron chi connectivity index (χ2n) is 18.4. The molecule has 0 fully saturated rings. The van der Waals surface area contributed by atoms with E-state index < -0.39 is 7.92 Å². The SMILES string of the molecule is C=CC.C=Cc1ccc(C(C)(C)C)cc1.C=Cc1ccc(Pc2ccccc2)cc1.C=Cc1ccccc1.CC.Cc1ccc(C(C)(C)C)cc1.Cc1ccc(P(c2ccccc2)c2ccccc2)cc1.P=S.[2HH]. The highest BCUT2D eigenvalue weighted by Gasteiger charge is 2.16. The third-order valence-corrected chi connectivity index (χ3v) is 14.2. The number of hydrogen-bond donors (Lipinski definition) is 0. The smallest absolute Gasteiger partial charge is 0 e. The lowest BCUT2D eigenvalue weighted by molar-refractivity contribution is 0.590. The third-order valence-electron chi connectivity index (χ3n) is 10.5. The Morgan fingerprint density at radius 3 is 0.986 bits per heavy atom. The molecule has 0 aliphatic carbocycles. The normalized spacial score (nSPS) is 9.97. The van der Waals surface area contributed by atoms with Crippen LogP contribution in [0.2, 0.25) is 0 Å². The lowest BCUT2D eigenvalue weighted by atomic mass is 9.87. The van der Waals surface area contributed by atoms with Crippen LogP contribution in [0.4, 0.5) is 0 Å². The van der Waals surface area contributed by atoms with Crippen LogP contribution in [0.15, 0.2) is 251 Å². The molecule has 1 unspecified atom stereocenters. The molecule has 0 aliphatic heterocycles. The molecule has 8 aromatic carbocycles. The van der Waals surface area contributed by atoms with Crippen molar-refractivity contribution in [2.24, 2.45) is 0 Å². The summed E-state index contributed by atoms with van der Waals surface area (Å²) in [6.45, 7) is 38.0. The molecule has 0 aromatic heterocycles. The van der Waals surface area contributed by atoms with Crippen molar-refractivity contribution in [3.63, 3.8) is 0 Å². The molecule has 0 saturated heterocycles. The molecule has 0 spiro atoms. The van der Waals surface area contributed by atoms with E-state index in [-0.39, 0.29) is 12.3 Å². The van der Waals surface area contributed by atoms with Crippen LogP contribution >= 0.6 is 24.5 Å². The van der Waals surface area contributed by atoms with Crippen LogP contribution in [0.5, 0.6) is 0 Å². The van der Waals surface area contributed by atoms with Gasteiger partial charge in [-0.2, -0.15) is 0 Å². The first-order chi connectivity index (χ1) is 35.1. The predicted molar refractivity (Wildman–Crippen MR) is 347 cm³/mol. The Kier molecular flexibility index (Phi) is 33.7. The van der Waals surface area contributed by atoms with E-state index in [0.29, 0.717) is 0 Å². The molecule has 73 heavy (non-hydrogen) atoms. The summed E-state index contributed by atoms with van der Waals surface area (Å²) in [5.74, 6) is 0. The minimum atomic E-state index is -0.458. The van der Waals surface area contributed by atoms with Gasteiger partial charge in [0.25, 0.3) is 0 Å². The van der Waals surface area contributed by atoms with E-state index in [0.717, 1.165) is 8.58 Å². The van der Waals surface area contributed by atoms with Gasteiger partial charge in [-0.25, -0.2) is 0 Å². The summed E-state index contributed by atoms with van der Waals surface area (Å²) in [5.41, 5.74) is 9.49. The fourth-order valence-corrected chi connectivity index (χ4v) is 9.76. The second-order valence-corrected chi connectivity index (χ2v) is 22.0. The molecule has 8 rings (SSSR count). The molecule has 0 N–H and O–H groups in total. The summed E-state index contributed by atoms with van der Waals surface area (Å²) in [6, 6.07) is 77.0. The quantitative estimate of drug-likeness (QED) is 0.108. The van der Waals surface area contributed by atoms with Gasteiger partial charge in [-0.1, -0.05) is 349 Å². The minimum Gasteiger partial charge on any atom is -0.103 e. The molecule has 0 saturated carbocycles. The molecular formula is C69H85P3S. The summed E-state index contributed by atoms with van der Waals surface area (Å²) < 4.78 is 0. The first kappa shape index (κ1) is 65.1. The van der Waals surface area contributed by atoms with Gasteiger partial charge in [-0.15, -0.1) is 6.58 Å². The van der Waals surface area contributed by atoms with Crippen LogP contribution in [0, 0.1) is 13.8 Å². The van der Waals surface area contributed by atoms with E-state index in [1.54, 1.807) is 6.08 Å². The fraction of sp³-hybridized carbons (Fsp3) is 0.188. The standard InChI is InChI=1S/C19H17P.C14H13P.C12H16.C11H16.C8H8.C3H6.C2H6.HPS.H2/c1-16-12-14-19(15-13-16)20(17-8-4-2-5-9-17)18-10-6-3-7-11-18;1-2-12-8-10-14(11-9-12)15-13-6-4-3-5-7-13;1-5-10-6-8-11(9-7-10)12(2,3)4;1-9-5-7-10(8-6-9)11(2,3)4;1-2-8-6-4-3-5-7-8;1-3-2;2*1-2;/h2-15H,1H3;2-11,15H,1H2;5-9H,1H2,2-4H3;5-8H,1-4H3;2-7H,1H2;3H,1H2,2H3;1-2H3;1H;1H/i;;;;;;;;1+1. The lowest BCUT2D eigenvalue weighted by Crippen LogP contribution is -2.20. The summed E-state index contributed by atoms with van der Waals surface area (Å²) in [5, 5.41) is 6.95. The van der Waals surface area contributed by atoms with Crippen molar-refractivity contribution in [2.45, 2.75) is 87.0 Å². The van der Waals surface area contributed by atoms with E-state index in [2.05, 4.69) is 290 Å². The second kappa shape index (κ2) is 37.8. The number of allylic oxidation sites excluding steroid dienone is 1. The molecule has 0 heterocycles. The van der Waals surface area contributed by atoms with Crippen molar-refractivity contribution in [3.8, 4) is 0 Å². The number of benzene rings is 8. The van der Waals surface area contributed by atoms with E-state index in [1.807, 2.05) is 69.3 Å². The zero-order valence-electron chi connectivity index (χ0n) is 45.8. The highest BCUT2D eigenvalue weighted by atomic mass is 32.4. The Balaban J connectivity index is 0.000000893. The van der Waals surface area contributed by atoms with Crippen molar-refractivity contribution in [3.05, 3.63) is 290 Å². The van der Waals surface area contributed by atoms with Crippen LogP contribution in [0.25, 0.3) is 18.2 Å². The fourth-order valence-electron chi connectivity index (χ4n) is 6.45. The van der Waals surface area contributed by atoms with Crippen molar-refractivity contribution in [1.82, 2.24) is 0 Å². The van der Waals surface area contributed by atoms with Gasteiger partial charge in [0.15, 0.2) is 0 Å². The van der Waals surface area contributed by atoms with Crippen molar-refractivity contribution >= 4 is 81.1 Å². The van der Waals surface area contributed by atoms with E-state index in [1.165, 1.54) is 65.5 Å². The third kappa shape index (κ3) is 27.1. The zero-order valence-corrected chi connectivity index (χ0v) is 49.5. The first-order valence-electron chi connectivity index (χ1n) is 24.9. The van der Waals surface area contributed by atoms with E-state index in [9.17, 15) is 0 Å². The summed E-state index contributed by atoms with van der Waals surface area (Å²) in [4.78, 5) is 0. The molecule has 382 valence electrons. The van der Waals surface area contributed by atoms with Crippen LogP contribution < -0.4 is 26.5 Å². The van der Waals surface area contributed by atoms with E-state index >= 15 is 0 Å². The van der Waals surface area contributed by atoms with Gasteiger partial charge in [0.1, 0.15) is 0 Å². The topological polar surface area (TPSA) is 0 Å². The highest BCUT2D eigenvalue weighted by molar-refractivity contribution is 7.88. The monoisotopic (exact) mass is 1040 g/mol. The average molecular weight is 1040 g/mol. The molecule has 0 nitrogen and oxygen atoms in total. The highest BCUT2D eigenvalue weighted by Crippen LogP contribution is 2.32. The minimum absolute atomic E-state index is 0. The Bertz CT molecular complexity index is 2610. The summed E-state index contributed by atoms with van der Waals surface area (Å²) in [6.07, 6.45) is 7.32. The molecular weight excluding hydrogens is 954 g/mol. The number of aryl methyl sites for hydroxylation is 2. The molecule has 8 aromatic rings. The van der Waals surface area contributed by atoms with Gasteiger partial charge >= 0.3 is 0 Å². The van der Waals surface area contributed by atoms with Gasteiger partial charge in [0, 0.05) is 1.43 Å². The Hall–Kier alpha value is -5.90. The first-order valence-corrected chi connectivity index (χ1v) is 28.9. The van der Waals surface area contributed by atoms with Crippen LogP contribution in [-0.4, -0.2) is 0 Å². The Morgan fingerprint density at radius 1 is 0.397 bits per heavy atom. The van der Waals surface area contributed by atoms with Crippen LogP contribution in [0.3, 0.4) is 0 Å². The predicted octanol–water partition coefficient (Wildman–Crippen LogP) is 19.0. The molecule has 1 atom stereocenters. The Morgan fingerprint density at radius 2 is 0.658 bits per heavy atom. The van der Waals surface area contributed by atoms with Crippen molar-refractivity contribution < 1.29 is 1.43 Å². The molecule has 0 bridgehead atoms. The maximum absolute atomic E-state index is 3.89. The molecule has 0 radical (unpaired) electrons. The van der Waals surface area contributed by atoms with Crippen molar-refractivity contribution in [1.29, 1.82) is 0 Å². The maximum Gasteiger partial charge on any atom is 0 e. The Labute approximate surface area is 456 Å². The van der Waals surface area contributed by atoms with Gasteiger partial charge < -0.3 is 0 Å². The molecule has 4 heteroatoms. The zero-order chi connectivity index (χ0) is 54.5. The van der Waals surface area contributed by atoms with Crippen LogP contribution in [0.1, 0.15) is 103 Å². The number of rotatable bonds is 8. The number of hydrogen-bond acceptors (Lipinski definition) is 1. The average Bonchev–Trinajstić information content (AvgIpc) is 3.42. The maximum atomic E-state index is 3.89. The van der Waals surface area contributed by atoms with E-state index in [4.69, 9.17) is 0 Å².